The molecule has 1 aromatic carbocycles. The number of halogens is 3. The Morgan fingerprint density at radius 2 is 2.00 bits per heavy atom. The average molecular weight is 468 g/mol. The van der Waals surface area contributed by atoms with E-state index in [4.69, 9.17) is 19.2 Å². The Labute approximate surface area is 185 Å². The molecule has 0 radical (unpaired) electrons. The van der Waals surface area contributed by atoms with Crippen molar-refractivity contribution in [1.29, 1.82) is 0 Å². The minimum Gasteiger partial charge on any atom is -0.488 e. The topological polar surface area (TPSA) is 122 Å². The number of H-pyrrole nitrogens is 1. The van der Waals surface area contributed by atoms with Crippen molar-refractivity contribution < 1.29 is 32.3 Å². The fourth-order valence-electron chi connectivity index (χ4n) is 4.46. The third-order valence-corrected chi connectivity index (χ3v) is 5.92. The summed E-state index contributed by atoms with van der Waals surface area (Å²) in [6.45, 7) is 5.30. The van der Waals surface area contributed by atoms with Crippen LogP contribution < -0.4 is 15.7 Å². The van der Waals surface area contributed by atoms with E-state index in [1.54, 1.807) is 0 Å². The van der Waals surface area contributed by atoms with E-state index in [9.17, 15) is 18.0 Å². The van der Waals surface area contributed by atoms with E-state index in [0.717, 1.165) is 52.3 Å². The van der Waals surface area contributed by atoms with Crippen LogP contribution in [0.2, 0.25) is 0 Å². The van der Waals surface area contributed by atoms with Crippen molar-refractivity contribution in [2.24, 2.45) is 0 Å². The molecule has 2 aliphatic heterocycles. The third-order valence-electron chi connectivity index (χ3n) is 5.92. The van der Waals surface area contributed by atoms with Crippen molar-refractivity contribution in [3.63, 3.8) is 0 Å². The Hall–Kier alpha value is -3.28. The Morgan fingerprint density at radius 1 is 1.27 bits per heavy atom. The largest absolute Gasteiger partial charge is 0.490 e. The van der Waals surface area contributed by atoms with E-state index in [1.807, 2.05) is 30.5 Å². The van der Waals surface area contributed by atoms with Gasteiger partial charge in [0.1, 0.15) is 17.9 Å². The highest BCUT2D eigenvalue weighted by atomic mass is 19.4. The molecule has 5 rings (SSSR count). The molecule has 2 aliphatic rings. The van der Waals surface area contributed by atoms with Crippen LogP contribution in [0.15, 0.2) is 21.5 Å². The first-order chi connectivity index (χ1) is 15.6. The van der Waals surface area contributed by atoms with E-state index >= 15 is 0 Å². The summed E-state index contributed by atoms with van der Waals surface area (Å²) in [6.07, 6.45) is -1.65. The van der Waals surface area contributed by atoms with Gasteiger partial charge in [-0.3, -0.25) is 4.57 Å². The normalized spacial score (nSPS) is 20.2. The maximum absolute atomic E-state index is 12.7. The number of aromatic nitrogens is 3. The summed E-state index contributed by atoms with van der Waals surface area (Å²) in [6, 6.07) is 4.18. The summed E-state index contributed by atoms with van der Waals surface area (Å²) in [4.78, 5) is 24.6. The molecule has 0 saturated carbocycles. The molecule has 12 heteroatoms. The van der Waals surface area contributed by atoms with Gasteiger partial charge in [-0.25, -0.2) is 9.59 Å². The smallest absolute Gasteiger partial charge is 0.488 e. The number of aliphatic carboxylic acids is 1. The monoisotopic (exact) mass is 468 g/mol. The number of alkyl halides is 3. The molecule has 4 heterocycles. The predicted octanol–water partition coefficient (Wildman–Crippen LogP) is 3.31. The van der Waals surface area contributed by atoms with Crippen molar-refractivity contribution >= 4 is 17.0 Å². The third kappa shape index (κ3) is 4.22. The molecule has 3 aromatic rings. The zero-order chi connectivity index (χ0) is 23.9. The van der Waals surface area contributed by atoms with Crippen LogP contribution in [-0.2, 0) is 4.79 Å². The lowest BCUT2D eigenvalue weighted by Gasteiger charge is -2.35. The van der Waals surface area contributed by atoms with Crippen LogP contribution in [0.5, 0.6) is 5.75 Å². The van der Waals surface area contributed by atoms with Crippen LogP contribution in [0.1, 0.15) is 36.8 Å². The van der Waals surface area contributed by atoms with Crippen molar-refractivity contribution in [2.45, 2.75) is 51.4 Å². The standard InChI is InChI=1S/C19H22N4O3.C2HF3O2/c1-10-16(11(2)26-22-10)12-6-7-14-17-18(12)25-9-15(23(17)19(24)21-14)13-5-3-4-8-20-13;3-2(4,5)1(6)7/h6-7,13,15,20H,3-5,8-9H2,1-2H3,(H,21,24);(H,6,7). The van der Waals surface area contributed by atoms with Crippen LogP contribution in [0, 0.1) is 13.8 Å². The molecular weight excluding hydrogens is 445 g/mol. The van der Waals surface area contributed by atoms with Gasteiger partial charge in [0.05, 0.1) is 22.8 Å². The molecule has 178 valence electrons. The molecule has 2 unspecified atom stereocenters. The first-order valence-corrected chi connectivity index (χ1v) is 10.5. The van der Waals surface area contributed by atoms with Gasteiger partial charge < -0.3 is 24.7 Å². The van der Waals surface area contributed by atoms with Crippen molar-refractivity contribution in [3.05, 3.63) is 34.1 Å². The Morgan fingerprint density at radius 3 is 2.58 bits per heavy atom. The van der Waals surface area contributed by atoms with Crippen LogP contribution >= 0.6 is 0 Å². The summed E-state index contributed by atoms with van der Waals surface area (Å²) in [5.74, 6) is -1.27. The minimum absolute atomic E-state index is 0.00367. The van der Waals surface area contributed by atoms with Crippen molar-refractivity contribution in [1.82, 2.24) is 20.0 Å². The first kappa shape index (κ1) is 22.9. The quantitative estimate of drug-likeness (QED) is 0.527. The van der Waals surface area contributed by atoms with Crippen LogP contribution in [0.25, 0.3) is 22.2 Å². The van der Waals surface area contributed by atoms with Gasteiger partial charge in [0.2, 0.25) is 0 Å². The molecule has 0 aliphatic carbocycles. The molecule has 2 atom stereocenters. The van der Waals surface area contributed by atoms with E-state index < -0.39 is 12.1 Å². The van der Waals surface area contributed by atoms with Gasteiger partial charge in [-0.1, -0.05) is 11.6 Å². The Kier molecular flexibility index (Phi) is 5.95. The number of aryl methyl sites for hydroxylation is 2. The van der Waals surface area contributed by atoms with E-state index in [0.29, 0.717) is 6.61 Å². The second-order valence-electron chi connectivity index (χ2n) is 8.08. The van der Waals surface area contributed by atoms with Gasteiger partial charge in [0, 0.05) is 11.6 Å². The van der Waals surface area contributed by atoms with Crippen LogP contribution in [0.4, 0.5) is 13.2 Å². The molecule has 1 saturated heterocycles. The molecule has 3 N–H and O–H groups in total. The SMILES string of the molecule is Cc1noc(C)c1-c1ccc2[nH]c(=O)n3c2c1OCC3C1CCCCN1.O=C(O)C(F)(F)F. The Bertz CT molecular complexity index is 1220. The zero-order valence-electron chi connectivity index (χ0n) is 18.0. The Balaban J connectivity index is 0.000000325. The van der Waals surface area contributed by atoms with Gasteiger partial charge in [0.25, 0.3) is 0 Å². The first-order valence-electron chi connectivity index (χ1n) is 10.5. The number of nitrogens with zero attached hydrogens (tertiary/aromatic N) is 2. The number of hydrogen-bond donors (Lipinski definition) is 3. The summed E-state index contributed by atoms with van der Waals surface area (Å²) in [7, 11) is 0. The second-order valence-corrected chi connectivity index (χ2v) is 8.08. The summed E-state index contributed by atoms with van der Waals surface area (Å²) in [5.41, 5.74) is 4.27. The lowest BCUT2D eigenvalue weighted by molar-refractivity contribution is -0.192. The number of carbonyl (C=O) groups is 1. The predicted molar refractivity (Wildman–Crippen MR) is 111 cm³/mol. The molecule has 0 amide bonds. The molecular formula is C21H23F3N4O5. The van der Waals surface area contributed by atoms with E-state index in [-0.39, 0.29) is 17.8 Å². The van der Waals surface area contributed by atoms with Gasteiger partial charge in [-0.2, -0.15) is 13.2 Å². The maximum Gasteiger partial charge on any atom is 0.490 e. The number of imidazole rings is 1. The lowest BCUT2D eigenvalue weighted by Crippen LogP contribution is -2.46. The van der Waals surface area contributed by atoms with Gasteiger partial charge >= 0.3 is 17.8 Å². The van der Waals surface area contributed by atoms with Gasteiger partial charge in [0.15, 0.2) is 5.75 Å². The summed E-state index contributed by atoms with van der Waals surface area (Å²) >= 11 is 0. The number of nitrogens with one attached hydrogen (secondary N) is 2. The summed E-state index contributed by atoms with van der Waals surface area (Å²) in [5, 5.41) is 14.8. The number of carboxylic acid groups (broad SMARTS) is 1. The van der Waals surface area contributed by atoms with E-state index in [1.165, 1.54) is 12.8 Å². The number of aromatic amines is 1. The highest BCUT2D eigenvalue weighted by Crippen LogP contribution is 2.42. The van der Waals surface area contributed by atoms with Gasteiger partial charge in [-0.15, -0.1) is 0 Å². The molecule has 1 fully saturated rings. The highest BCUT2D eigenvalue weighted by Gasteiger charge is 2.38. The number of carboxylic acids is 1. The molecule has 2 aromatic heterocycles. The van der Waals surface area contributed by atoms with Crippen LogP contribution in [0.3, 0.4) is 0 Å². The number of ether oxygens (including phenoxy) is 1. The second kappa shape index (κ2) is 8.58. The number of hydrogen-bond acceptors (Lipinski definition) is 6. The number of benzene rings is 1. The van der Waals surface area contributed by atoms with Gasteiger partial charge in [-0.05, 0) is 45.4 Å². The number of rotatable bonds is 2. The van der Waals surface area contributed by atoms with E-state index in [2.05, 4.69) is 15.5 Å². The maximum atomic E-state index is 12.7. The lowest BCUT2D eigenvalue weighted by atomic mass is 9.96. The fraction of sp³-hybridized carbons (Fsp3) is 0.476. The molecule has 0 bridgehead atoms. The average Bonchev–Trinajstić information content (AvgIpc) is 3.29. The molecule has 33 heavy (non-hydrogen) atoms. The highest BCUT2D eigenvalue weighted by molar-refractivity contribution is 5.92. The van der Waals surface area contributed by atoms with Crippen molar-refractivity contribution in [2.75, 3.05) is 13.2 Å². The number of piperidine rings is 1. The zero-order valence-corrected chi connectivity index (χ0v) is 18.0. The van der Waals surface area contributed by atoms with Crippen LogP contribution in [-0.4, -0.2) is 51.2 Å². The minimum atomic E-state index is -5.08. The van der Waals surface area contributed by atoms with Crippen molar-refractivity contribution in [3.8, 4) is 16.9 Å². The molecule has 9 nitrogen and oxygen atoms in total. The summed E-state index contributed by atoms with van der Waals surface area (Å²) < 4.78 is 45.2. The molecule has 0 spiro atoms. The fourth-order valence-corrected chi connectivity index (χ4v) is 4.46.